The fraction of sp³-hybridized carbons (Fsp3) is 0.867. The van der Waals surface area contributed by atoms with Crippen molar-refractivity contribution in [1.82, 2.24) is 10.6 Å². The Balaban J connectivity index is 1.80. The van der Waals surface area contributed by atoms with Crippen LogP contribution >= 0.6 is 0 Å². The summed E-state index contributed by atoms with van der Waals surface area (Å²) in [5.74, 6) is 0.129. The molecule has 2 aliphatic carbocycles. The molecule has 2 amide bonds. The van der Waals surface area contributed by atoms with Crippen LogP contribution in [0.15, 0.2) is 0 Å². The lowest BCUT2D eigenvalue weighted by Crippen LogP contribution is -2.52. The molecule has 0 aromatic heterocycles. The third kappa shape index (κ3) is 3.71. The highest BCUT2D eigenvalue weighted by molar-refractivity contribution is 5.88. The predicted octanol–water partition coefficient (Wildman–Crippen LogP) is 2.13. The van der Waals surface area contributed by atoms with Crippen LogP contribution in [0.4, 0.5) is 0 Å². The molecule has 108 valence electrons. The van der Waals surface area contributed by atoms with Crippen molar-refractivity contribution in [3.05, 3.63) is 0 Å². The highest BCUT2D eigenvalue weighted by Crippen LogP contribution is 2.29. The first kappa shape index (κ1) is 14.4. The Morgan fingerprint density at radius 2 is 1.68 bits per heavy atom. The monoisotopic (exact) mass is 266 g/mol. The zero-order valence-corrected chi connectivity index (χ0v) is 12.1. The van der Waals surface area contributed by atoms with Crippen LogP contribution < -0.4 is 10.6 Å². The van der Waals surface area contributed by atoms with Crippen LogP contribution in [-0.4, -0.2) is 23.4 Å². The van der Waals surface area contributed by atoms with Crippen molar-refractivity contribution < 1.29 is 9.59 Å². The van der Waals surface area contributed by atoms with Crippen LogP contribution in [-0.2, 0) is 9.59 Å². The molecule has 4 heteroatoms. The molecule has 0 saturated heterocycles. The number of rotatable bonds is 4. The van der Waals surface area contributed by atoms with Crippen LogP contribution in [0.3, 0.4) is 0 Å². The summed E-state index contributed by atoms with van der Waals surface area (Å²) in [5, 5.41) is 5.96. The van der Waals surface area contributed by atoms with Crippen molar-refractivity contribution in [3.63, 3.8) is 0 Å². The molecule has 0 aromatic rings. The Morgan fingerprint density at radius 1 is 1.11 bits per heavy atom. The Kier molecular flexibility index (Phi) is 4.48. The van der Waals surface area contributed by atoms with Crippen molar-refractivity contribution in [1.29, 1.82) is 0 Å². The van der Waals surface area contributed by atoms with Crippen LogP contribution in [0, 0.1) is 5.92 Å². The Morgan fingerprint density at radius 3 is 2.26 bits per heavy atom. The van der Waals surface area contributed by atoms with Crippen molar-refractivity contribution in [2.75, 3.05) is 0 Å². The average Bonchev–Trinajstić information content (AvgIpc) is 3.00. The summed E-state index contributed by atoms with van der Waals surface area (Å²) in [5.41, 5.74) is -0.0660. The van der Waals surface area contributed by atoms with Crippen molar-refractivity contribution >= 4 is 11.8 Å². The van der Waals surface area contributed by atoms with E-state index in [1.165, 1.54) is 12.8 Å². The second-order valence-corrected chi connectivity index (χ2v) is 6.47. The van der Waals surface area contributed by atoms with E-state index in [-0.39, 0.29) is 23.3 Å². The van der Waals surface area contributed by atoms with Crippen LogP contribution in [0.5, 0.6) is 0 Å². The highest BCUT2D eigenvalue weighted by atomic mass is 16.2. The molecule has 2 rings (SSSR count). The Labute approximate surface area is 115 Å². The average molecular weight is 266 g/mol. The molecule has 2 aliphatic rings. The van der Waals surface area contributed by atoms with Gasteiger partial charge in [0.05, 0.1) is 0 Å². The molecule has 0 aliphatic heterocycles. The second kappa shape index (κ2) is 5.93. The van der Waals surface area contributed by atoms with Gasteiger partial charge in [-0.15, -0.1) is 0 Å². The summed E-state index contributed by atoms with van der Waals surface area (Å²) in [7, 11) is 0. The number of carbonyl (C=O) groups is 2. The molecule has 0 unspecified atom stereocenters. The summed E-state index contributed by atoms with van der Waals surface area (Å²) in [6.45, 7) is 3.88. The fourth-order valence-corrected chi connectivity index (χ4v) is 3.27. The van der Waals surface area contributed by atoms with E-state index in [1.54, 1.807) is 6.92 Å². The molecule has 0 heterocycles. The van der Waals surface area contributed by atoms with E-state index in [1.807, 2.05) is 0 Å². The molecular weight excluding hydrogens is 240 g/mol. The molecule has 0 aromatic carbocycles. The standard InChI is InChI=1S/C15H26N2O2/c1-11(16-14(19)12-7-3-4-8-12)13(18)17-15(2)9-5-6-10-15/h11-12H,3-10H2,1-2H3,(H,16,19)(H,17,18)/t11-/m0/s1. The van der Waals surface area contributed by atoms with E-state index in [2.05, 4.69) is 17.6 Å². The number of hydrogen-bond acceptors (Lipinski definition) is 2. The lowest BCUT2D eigenvalue weighted by Gasteiger charge is -2.27. The molecule has 2 saturated carbocycles. The molecule has 2 fully saturated rings. The van der Waals surface area contributed by atoms with Crippen LogP contribution in [0.25, 0.3) is 0 Å². The van der Waals surface area contributed by atoms with Gasteiger partial charge in [-0.1, -0.05) is 25.7 Å². The summed E-state index contributed by atoms with van der Waals surface area (Å²) in [6, 6.07) is -0.425. The van der Waals surface area contributed by atoms with Gasteiger partial charge in [-0.2, -0.15) is 0 Å². The maximum atomic E-state index is 12.1. The van der Waals surface area contributed by atoms with Gasteiger partial charge in [0.15, 0.2) is 0 Å². The van der Waals surface area contributed by atoms with Gasteiger partial charge in [0.1, 0.15) is 6.04 Å². The SMILES string of the molecule is C[C@H](NC(=O)C1CCCC1)C(=O)NC1(C)CCCC1. The van der Waals surface area contributed by atoms with Gasteiger partial charge < -0.3 is 10.6 Å². The summed E-state index contributed by atoms with van der Waals surface area (Å²) < 4.78 is 0. The Hall–Kier alpha value is -1.06. The first-order valence-corrected chi connectivity index (χ1v) is 7.63. The molecular formula is C15H26N2O2. The number of carbonyl (C=O) groups excluding carboxylic acids is 2. The van der Waals surface area contributed by atoms with Gasteiger partial charge in [-0.05, 0) is 39.5 Å². The van der Waals surface area contributed by atoms with E-state index in [0.717, 1.165) is 38.5 Å². The van der Waals surface area contributed by atoms with E-state index >= 15 is 0 Å². The van der Waals surface area contributed by atoms with Gasteiger partial charge in [-0.25, -0.2) is 0 Å². The lowest BCUT2D eigenvalue weighted by atomic mass is 10.00. The van der Waals surface area contributed by atoms with Gasteiger partial charge in [0.25, 0.3) is 0 Å². The number of nitrogens with one attached hydrogen (secondary N) is 2. The van der Waals surface area contributed by atoms with Crippen LogP contribution in [0.2, 0.25) is 0 Å². The first-order valence-electron chi connectivity index (χ1n) is 7.63. The van der Waals surface area contributed by atoms with Crippen LogP contribution in [0.1, 0.15) is 65.2 Å². The number of hydrogen-bond donors (Lipinski definition) is 2. The molecule has 2 N–H and O–H groups in total. The lowest BCUT2D eigenvalue weighted by molar-refractivity contribution is -0.131. The van der Waals surface area contributed by atoms with E-state index in [0.29, 0.717) is 0 Å². The fourth-order valence-electron chi connectivity index (χ4n) is 3.27. The van der Waals surface area contributed by atoms with E-state index < -0.39 is 6.04 Å². The topological polar surface area (TPSA) is 58.2 Å². The molecule has 0 bridgehead atoms. The third-order valence-electron chi connectivity index (χ3n) is 4.61. The van der Waals surface area contributed by atoms with Gasteiger partial charge in [0, 0.05) is 11.5 Å². The molecule has 0 radical (unpaired) electrons. The first-order chi connectivity index (χ1) is 9.00. The van der Waals surface area contributed by atoms with Gasteiger partial charge >= 0.3 is 0 Å². The largest absolute Gasteiger partial charge is 0.349 e. The number of amides is 2. The van der Waals surface area contributed by atoms with Crippen molar-refractivity contribution in [2.45, 2.75) is 76.8 Å². The van der Waals surface area contributed by atoms with E-state index in [9.17, 15) is 9.59 Å². The zero-order valence-electron chi connectivity index (χ0n) is 12.1. The van der Waals surface area contributed by atoms with Crippen molar-refractivity contribution in [2.24, 2.45) is 5.92 Å². The quantitative estimate of drug-likeness (QED) is 0.819. The molecule has 1 atom stereocenters. The van der Waals surface area contributed by atoms with Gasteiger partial charge in [-0.3, -0.25) is 9.59 Å². The normalized spacial score (nSPS) is 24.1. The summed E-state index contributed by atoms with van der Waals surface area (Å²) in [4.78, 5) is 24.1. The summed E-state index contributed by atoms with van der Waals surface area (Å²) in [6.07, 6.45) is 8.66. The minimum absolute atomic E-state index is 0.0456. The highest BCUT2D eigenvalue weighted by Gasteiger charge is 2.32. The minimum atomic E-state index is -0.425. The van der Waals surface area contributed by atoms with E-state index in [4.69, 9.17) is 0 Å². The third-order valence-corrected chi connectivity index (χ3v) is 4.61. The van der Waals surface area contributed by atoms with Crippen molar-refractivity contribution in [3.8, 4) is 0 Å². The smallest absolute Gasteiger partial charge is 0.242 e. The zero-order chi connectivity index (χ0) is 13.9. The molecule has 4 nitrogen and oxygen atoms in total. The molecule has 0 spiro atoms. The minimum Gasteiger partial charge on any atom is -0.349 e. The summed E-state index contributed by atoms with van der Waals surface area (Å²) >= 11 is 0. The Bertz CT molecular complexity index is 342. The predicted molar refractivity (Wildman–Crippen MR) is 74.6 cm³/mol. The maximum Gasteiger partial charge on any atom is 0.242 e. The van der Waals surface area contributed by atoms with Gasteiger partial charge in [0.2, 0.25) is 11.8 Å². The second-order valence-electron chi connectivity index (χ2n) is 6.47. The molecule has 19 heavy (non-hydrogen) atoms. The maximum absolute atomic E-state index is 12.1.